The van der Waals surface area contributed by atoms with E-state index in [0.717, 1.165) is 17.8 Å². The Balaban J connectivity index is 2.32. The van der Waals surface area contributed by atoms with E-state index in [9.17, 15) is 18.3 Å². The van der Waals surface area contributed by atoms with E-state index < -0.39 is 11.7 Å². The van der Waals surface area contributed by atoms with Crippen LogP contribution in [-0.2, 0) is 12.7 Å². The first-order valence-corrected chi connectivity index (χ1v) is 7.78. The van der Waals surface area contributed by atoms with E-state index in [1.54, 1.807) is 18.2 Å². The number of hydrogen-bond acceptors (Lipinski definition) is 2. The molecule has 0 heterocycles. The lowest BCUT2D eigenvalue weighted by Gasteiger charge is -2.28. The minimum Gasteiger partial charge on any atom is -0.508 e. The predicted molar refractivity (Wildman–Crippen MR) is 93.6 cm³/mol. The molecule has 0 saturated heterocycles. The molecule has 2 nitrogen and oxygen atoms in total. The van der Waals surface area contributed by atoms with Crippen LogP contribution in [0.2, 0.25) is 0 Å². The van der Waals surface area contributed by atoms with Crippen molar-refractivity contribution >= 4 is 5.70 Å². The van der Waals surface area contributed by atoms with Crippen LogP contribution < -0.4 is 0 Å². The van der Waals surface area contributed by atoms with Gasteiger partial charge < -0.3 is 10.0 Å². The summed E-state index contributed by atoms with van der Waals surface area (Å²) in [6.07, 6.45) is -2.48. The van der Waals surface area contributed by atoms with Crippen LogP contribution in [0.1, 0.15) is 30.5 Å². The van der Waals surface area contributed by atoms with Crippen molar-refractivity contribution in [1.82, 2.24) is 4.90 Å². The highest BCUT2D eigenvalue weighted by molar-refractivity contribution is 5.64. The molecular formula is C20H20F3NO. The molecular weight excluding hydrogens is 327 g/mol. The summed E-state index contributed by atoms with van der Waals surface area (Å²) in [7, 11) is 0. The second kappa shape index (κ2) is 7.47. The Bertz CT molecular complexity index is 776. The van der Waals surface area contributed by atoms with Crippen LogP contribution >= 0.6 is 0 Å². The molecule has 0 spiro atoms. The SMILES string of the molecule is C=C(c1ccc(C(F)(F)F)cc1)N(Cc1ccccc1O)/C(C)=C\C. The van der Waals surface area contributed by atoms with Crippen LogP contribution in [0.15, 0.2) is 66.9 Å². The van der Waals surface area contributed by atoms with Gasteiger partial charge in [0.05, 0.1) is 12.1 Å². The lowest BCUT2D eigenvalue weighted by Crippen LogP contribution is -2.19. The zero-order valence-electron chi connectivity index (χ0n) is 14.1. The molecule has 0 aromatic heterocycles. The number of halogens is 3. The topological polar surface area (TPSA) is 23.5 Å². The number of allylic oxidation sites excluding steroid dienone is 2. The van der Waals surface area contributed by atoms with E-state index in [2.05, 4.69) is 6.58 Å². The van der Waals surface area contributed by atoms with Crippen LogP contribution in [0.3, 0.4) is 0 Å². The summed E-state index contributed by atoms with van der Waals surface area (Å²) in [5.74, 6) is 0.164. The first-order valence-electron chi connectivity index (χ1n) is 7.78. The number of hydrogen-bond donors (Lipinski definition) is 1. The average Bonchev–Trinajstić information content (AvgIpc) is 2.59. The molecule has 0 bridgehead atoms. The fourth-order valence-corrected chi connectivity index (χ4v) is 2.41. The number of benzene rings is 2. The van der Waals surface area contributed by atoms with Crippen LogP contribution in [0.5, 0.6) is 5.75 Å². The Morgan fingerprint density at radius 3 is 2.24 bits per heavy atom. The standard InChI is InChI=1S/C20H20F3NO/c1-4-14(2)24(13-17-7-5-6-8-19(17)25)15(3)16-9-11-18(12-10-16)20(21,22)23/h4-12,25H,3,13H2,1-2H3/b14-4-. The van der Waals surface area contributed by atoms with E-state index >= 15 is 0 Å². The number of para-hydroxylation sites is 1. The minimum absolute atomic E-state index is 0.164. The molecule has 0 radical (unpaired) electrons. The second-order valence-electron chi connectivity index (χ2n) is 5.67. The highest BCUT2D eigenvalue weighted by atomic mass is 19.4. The van der Waals surface area contributed by atoms with Gasteiger partial charge in [0.15, 0.2) is 0 Å². The van der Waals surface area contributed by atoms with Gasteiger partial charge in [0, 0.05) is 17.0 Å². The first kappa shape index (κ1) is 18.6. The Kier molecular flexibility index (Phi) is 5.57. The van der Waals surface area contributed by atoms with Crippen molar-refractivity contribution in [3.63, 3.8) is 0 Å². The number of aromatic hydroxyl groups is 1. The van der Waals surface area contributed by atoms with E-state index in [0.29, 0.717) is 23.4 Å². The molecule has 1 N–H and O–H groups in total. The third-order valence-electron chi connectivity index (χ3n) is 4.03. The summed E-state index contributed by atoms with van der Waals surface area (Å²) in [5.41, 5.74) is 2.04. The molecule has 0 amide bonds. The van der Waals surface area contributed by atoms with Gasteiger partial charge in [0.25, 0.3) is 0 Å². The molecule has 2 rings (SSSR count). The quantitative estimate of drug-likeness (QED) is 0.738. The average molecular weight is 347 g/mol. The van der Waals surface area contributed by atoms with Crippen molar-refractivity contribution in [3.05, 3.63) is 83.6 Å². The molecule has 25 heavy (non-hydrogen) atoms. The predicted octanol–water partition coefficient (Wildman–Crippen LogP) is 5.81. The maximum atomic E-state index is 12.7. The van der Waals surface area contributed by atoms with Gasteiger partial charge >= 0.3 is 6.18 Å². The number of phenolic OH excluding ortho intramolecular Hbond substituents is 1. The summed E-state index contributed by atoms with van der Waals surface area (Å²) in [6.45, 7) is 8.15. The molecule has 2 aromatic carbocycles. The van der Waals surface area contributed by atoms with Gasteiger partial charge in [-0.2, -0.15) is 13.2 Å². The van der Waals surface area contributed by atoms with Crippen molar-refractivity contribution in [2.24, 2.45) is 0 Å². The zero-order chi connectivity index (χ0) is 18.6. The van der Waals surface area contributed by atoms with Gasteiger partial charge in [-0.1, -0.05) is 43.0 Å². The van der Waals surface area contributed by atoms with Gasteiger partial charge in [-0.05, 0) is 37.6 Å². The number of rotatable bonds is 5. The summed E-state index contributed by atoms with van der Waals surface area (Å²) < 4.78 is 38.2. The fourth-order valence-electron chi connectivity index (χ4n) is 2.41. The minimum atomic E-state index is -4.37. The summed E-state index contributed by atoms with van der Waals surface area (Å²) in [6, 6.07) is 11.9. The Morgan fingerprint density at radius 1 is 1.12 bits per heavy atom. The van der Waals surface area contributed by atoms with Gasteiger partial charge in [-0.15, -0.1) is 0 Å². The van der Waals surface area contributed by atoms with Crippen molar-refractivity contribution in [3.8, 4) is 5.75 Å². The van der Waals surface area contributed by atoms with Crippen LogP contribution in [-0.4, -0.2) is 10.0 Å². The summed E-state index contributed by atoms with van der Waals surface area (Å²) in [4.78, 5) is 1.86. The number of nitrogens with zero attached hydrogens (tertiary/aromatic N) is 1. The smallest absolute Gasteiger partial charge is 0.416 e. The molecule has 0 aliphatic heterocycles. The normalized spacial score (nSPS) is 12.1. The lowest BCUT2D eigenvalue weighted by molar-refractivity contribution is -0.137. The van der Waals surface area contributed by atoms with Crippen LogP contribution in [0.4, 0.5) is 13.2 Å². The van der Waals surface area contributed by atoms with Gasteiger partial charge in [0.2, 0.25) is 0 Å². The third kappa shape index (κ3) is 4.44. The maximum absolute atomic E-state index is 12.7. The van der Waals surface area contributed by atoms with E-state index in [-0.39, 0.29) is 5.75 Å². The van der Waals surface area contributed by atoms with Crippen molar-refractivity contribution in [1.29, 1.82) is 0 Å². The fraction of sp³-hybridized carbons (Fsp3) is 0.200. The molecule has 0 saturated carbocycles. The number of phenols is 1. The lowest BCUT2D eigenvalue weighted by atomic mass is 10.1. The second-order valence-corrected chi connectivity index (χ2v) is 5.67. The Morgan fingerprint density at radius 2 is 1.72 bits per heavy atom. The van der Waals surface area contributed by atoms with Gasteiger partial charge in [0.1, 0.15) is 5.75 Å². The Labute approximate surface area is 145 Å². The number of alkyl halides is 3. The third-order valence-corrected chi connectivity index (χ3v) is 4.03. The largest absolute Gasteiger partial charge is 0.508 e. The van der Waals surface area contributed by atoms with Crippen LogP contribution in [0, 0.1) is 0 Å². The van der Waals surface area contributed by atoms with Gasteiger partial charge in [-0.3, -0.25) is 0 Å². The summed E-state index contributed by atoms with van der Waals surface area (Å²) >= 11 is 0. The van der Waals surface area contributed by atoms with Crippen LogP contribution in [0.25, 0.3) is 5.70 Å². The van der Waals surface area contributed by atoms with Crippen molar-refractivity contribution in [2.45, 2.75) is 26.6 Å². The molecule has 0 unspecified atom stereocenters. The monoisotopic (exact) mass is 347 g/mol. The molecule has 0 atom stereocenters. The van der Waals surface area contributed by atoms with E-state index in [1.807, 2.05) is 30.9 Å². The molecule has 132 valence electrons. The van der Waals surface area contributed by atoms with E-state index in [4.69, 9.17) is 0 Å². The molecule has 0 aliphatic rings. The highest BCUT2D eigenvalue weighted by Crippen LogP contribution is 2.32. The maximum Gasteiger partial charge on any atom is 0.416 e. The molecule has 2 aromatic rings. The van der Waals surface area contributed by atoms with Crippen molar-refractivity contribution < 1.29 is 18.3 Å². The van der Waals surface area contributed by atoms with Crippen molar-refractivity contribution in [2.75, 3.05) is 0 Å². The van der Waals surface area contributed by atoms with Gasteiger partial charge in [-0.25, -0.2) is 0 Å². The highest BCUT2D eigenvalue weighted by Gasteiger charge is 2.30. The summed E-state index contributed by atoms with van der Waals surface area (Å²) in [5, 5.41) is 9.99. The Hall–Kier alpha value is -2.69. The zero-order valence-corrected chi connectivity index (χ0v) is 14.1. The van der Waals surface area contributed by atoms with E-state index in [1.165, 1.54) is 12.1 Å². The first-order chi connectivity index (χ1) is 11.7. The molecule has 0 fully saturated rings. The molecule has 5 heteroatoms. The molecule has 0 aliphatic carbocycles.